The number of nitrogens with zero attached hydrogens (tertiary/aromatic N) is 3. The van der Waals surface area contributed by atoms with Crippen molar-refractivity contribution in [3.05, 3.63) is 12.2 Å². The molecular formula is C9H16N4O. The molecule has 1 aliphatic heterocycles. The summed E-state index contributed by atoms with van der Waals surface area (Å²) in [7, 11) is 1.71. The maximum atomic E-state index is 5.04. The van der Waals surface area contributed by atoms with Crippen LogP contribution in [0.25, 0.3) is 0 Å². The number of hydrogen-bond donors (Lipinski definition) is 1. The van der Waals surface area contributed by atoms with E-state index in [1.54, 1.807) is 13.4 Å². The Kier molecular flexibility index (Phi) is 3.10. The standard InChI is InChI=1S/C9H16N4O/c1-14-6-5-13-7-11-12-9(13)8-3-2-4-10-8/h7-8,10H,2-6H2,1H3. The van der Waals surface area contributed by atoms with E-state index in [1.807, 2.05) is 0 Å². The molecule has 0 saturated carbocycles. The van der Waals surface area contributed by atoms with Gasteiger partial charge in [-0.25, -0.2) is 0 Å². The highest BCUT2D eigenvalue weighted by molar-refractivity contribution is 4.97. The minimum atomic E-state index is 0.384. The van der Waals surface area contributed by atoms with Crippen LogP contribution in [0.2, 0.25) is 0 Å². The highest BCUT2D eigenvalue weighted by Gasteiger charge is 2.20. The fourth-order valence-corrected chi connectivity index (χ4v) is 1.80. The first-order chi connectivity index (χ1) is 6.92. The summed E-state index contributed by atoms with van der Waals surface area (Å²) >= 11 is 0. The molecule has 1 atom stereocenters. The molecule has 0 radical (unpaired) electrons. The molecule has 1 unspecified atom stereocenters. The Labute approximate surface area is 83.5 Å². The monoisotopic (exact) mass is 196 g/mol. The molecule has 1 aromatic heterocycles. The maximum absolute atomic E-state index is 5.04. The number of aromatic nitrogens is 3. The second-order valence-corrected chi connectivity index (χ2v) is 3.52. The summed E-state index contributed by atoms with van der Waals surface area (Å²) in [6, 6.07) is 0.384. The van der Waals surface area contributed by atoms with E-state index in [0.717, 1.165) is 25.3 Å². The molecule has 2 rings (SSSR count). The van der Waals surface area contributed by atoms with E-state index in [0.29, 0.717) is 12.6 Å². The van der Waals surface area contributed by atoms with Gasteiger partial charge in [0.05, 0.1) is 12.6 Å². The zero-order valence-corrected chi connectivity index (χ0v) is 8.44. The smallest absolute Gasteiger partial charge is 0.150 e. The third-order valence-electron chi connectivity index (χ3n) is 2.55. The highest BCUT2D eigenvalue weighted by Crippen LogP contribution is 2.20. The fraction of sp³-hybridized carbons (Fsp3) is 0.778. The Hall–Kier alpha value is -0.940. The van der Waals surface area contributed by atoms with Crippen LogP contribution < -0.4 is 5.32 Å². The average Bonchev–Trinajstić information content (AvgIpc) is 2.84. The molecule has 0 spiro atoms. The van der Waals surface area contributed by atoms with Crippen LogP contribution in [-0.2, 0) is 11.3 Å². The highest BCUT2D eigenvalue weighted by atomic mass is 16.5. The molecule has 14 heavy (non-hydrogen) atoms. The van der Waals surface area contributed by atoms with E-state index in [1.165, 1.54) is 6.42 Å². The Balaban J connectivity index is 2.04. The largest absolute Gasteiger partial charge is 0.383 e. The third kappa shape index (κ3) is 1.93. The number of methoxy groups -OCH3 is 1. The van der Waals surface area contributed by atoms with E-state index in [2.05, 4.69) is 20.1 Å². The molecule has 1 N–H and O–H groups in total. The summed E-state index contributed by atoms with van der Waals surface area (Å²) in [6.45, 7) is 2.62. The van der Waals surface area contributed by atoms with Crippen molar-refractivity contribution >= 4 is 0 Å². The topological polar surface area (TPSA) is 52.0 Å². The molecular weight excluding hydrogens is 180 g/mol. The van der Waals surface area contributed by atoms with Gasteiger partial charge in [-0.05, 0) is 19.4 Å². The minimum Gasteiger partial charge on any atom is -0.383 e. The van der Waals surface area contributed by atoms with E-state index >= 15 is 0 Å². The van der Waals surface area contributed by atoms with Crippen LogP contribution in [0, 0.1) is 0 Å². The Bertz CT molecular complexity index is 280. The van der Waals surface area contributed by atoms with E-state index in [9.17, 15) is 0 Å². The summed E-state index contributed by atoms with van der Waals surface area (Å²) in [5.74, 6) is 1.04. The fourth-order valence-electron chi connectivity index (χ4n) is 1.80. The van der Waals surface area contributed by atoms with Crippen molar-refractivity contribution in [3.63, 3.8) is 0 Å². The van der Waals surface area contributed by atoms with Gasteiger partial charge in [-0.2, -0.15) is 0 Å². The predicted octanol–water partition coefficient (Wildman–Crippen LogP) is 0.349. The van der Waals surface area contributed by atoms with Crippen LogP contribution in [0.4, 0.5) is 0 Å². The van der Waals surface area contributed by atoms with Gasteiger partial charge in [0.1, 0.15) is 12.2 Å². The van der Waals surface area contributed by atoms with Crippen molar-refractivity contribution in [1.82, 2.24) is 20.1 Å². The van der Waals surface area contributed by atoms with Crippen molar-refractivity contribution in [1.29, 1.82) is 0 Å². The lowest BCUT2D eigenvalue weighted by molar-refractivity contribution is 0.185. The Morgan fingerprint density at radius 1 is 1.71 bits per heavy atom. The first kappa shape index (κ1) is 9.61. The Morgan fingerprint density at radius 2 is 2.64 bits per heavy atom. The van der Waals surface area contributed by atoms with Crippen molar-refractivity contribution in [2.75, 3.05) is 20.3 Å². The van der Waals surface area contributed by atoms with Gasteiger partial charge in [0.15, 0.2) is 0 Å². The Morgan fingerprint density at radius 3 is 3.36 bits per heavy atom. The molecule has 0 amide bonds. The second kappa shape index (κ2) is 4.52. The van der Waals surface area contributed by atoms with Gasteiger partial charge in [-0.1, -0.05) is 0 Å². The summed E-state index contributed by atoms with van der Waals surface area (Å²) in [5.41, 5.74) is 0. The van der Waals surface area contributed by atoms with Crippen LogP contribution in [0.1, 0.15) is 24.7 Å². The summed E-state index contributed by atoms with van der Waals surface area (Å²) < 4.78 is 7.10. The van der Waals surface area contributed by atoms with Gasteiger partial charge >= 0.3 is 0 Å². The van der Waals surface area contributed by atoms with Crippen molar-refractivity contribution < 1.29 is 4.74 Å². The summed E-state index contributed by atoms with van der Waals surface area (Å²) in [6.07, 6.45) is 4.15. The number of rotatable bonds is 4. The van der Waals surface area contributed by atoms with Crippen molar-refractivity contribution in [3.8, 4) is 0 Å². The quantitative estimate of drug-likeness (QED) is 0.755. The van der Waals surface area contributed by atoms with Gasteiger partial charge in [-0.3, -0.25) is 0 Å². The van der Waals surface area contributed by atoms with Gasteiger partial charge in [-0.15, -0.1) is 10.2 Å². The molecule has 5 nitrogen and oxygen atoms in total. The number of hydrogen-bond acceptors (Lipinski definition) is 4. The van der Waals surface area contributed by atoms with Crippen LogP contribution in [0.5, 0.6) is 0 Å². The lowest BCUT2D eigenvalue weighted by atomic mass is 10.2. The van der Waals surface area contributed by atoms with Crippen LogP contribution in [0.15, 0.2) is 6.33 Å². The second-order valence-electron chi connectivity index (χ2n) is 3.52. The van der Waals surface area contributed by atoms with Crippen LogP contribution in [0.3, 0.4) is 0 Å². The third-order valence-corrected chi connectivity index (χ3v) is 2.55. The van der Waals surface area contributed by atoms with E-state index in [-0.39, 0.29) is 0 Å². The molecule has 1 aliphatic rings. The molecule has 78 valence electrons. The van der Waals surface area contributed by atoms with Gasteiger partial charge in [0.2, 0.25) is 0 Å². The normalized spacial score (nSPS) is 21.6. The zero-order valence-electron chi connectivity index (χ0n) is 8.44. The average molecular weight is 196 g/mol. The first-order valence-corrected chi connectivity index (χ1v) is 5.02. The van der Waals surface area contributed by atoms with Crippen LogP contribution >= 0.6 is 0 Å². The minimum absolute atomic E-state index is 0.384. The van der Waals surface area contributed by atoms with Gasteiger partial charge < -0.3 is 14.6 Å². The number of ether oxygens (including phenoxy) is 1. The molecule has 0 bridgehead atoms. The lowest BCUT2D eigenvalue weighted by Gasteiger charge is -2.11. The maximum Gasteiger partial charge on any atom is 0.150 e. The van der Waals surface area contributed by atoms with Crippen molar-refractivity contribution in [2.24, 2.45) is 0 Å². The molecule has 1 aromatic rings. The van der Waals surface area contributed by atoms with E-state index in [4.69, 9.17) is 4.74 Å². The lowest BCUT2D eigenvalue weighted by Crippen LogP contribution is -2.19. The number of nitrogens with one attached hydrogen (secondary N) is 1. The first-order valence-electron chi connectivity index (χ1n) is 5.02. The van der Waals surface area contributed by atoms with Crippen LogP contribution in [-0.4, -0.2) is 35.0 Å². The molecule has 1 saturated heterocycles. The zero-order chi connectivity index (χ0) is 9.80. The molecule has 0 aliphatic carbocycles. The van der Waals surface area contributed by atoms with Gasteiger partial charge in [0.25, 0.3) is 0 Å². The molecule has 2 heterocycles. The summed E-state index contributed by atoms with van der Waals surface area (Å²) in [5, 5.41) is 11.5. The SMILES string of the molecule is COCCn1cnnc1C1CCCN1. The molecule has 5 heteroatoms. The predicted molar refractivity (Wildman–Crippen MR) is 51.9 cm³/mol. The van der Waals surface area contributed by atoms with Gasteiger partial charge in [0, 0.05) is 13.7 Å². The molecule has 1 fully saturated rings. The van der Waals surface area contributed by atoms with E-state index < -0.39 is 0 Å². The van der Waals surface area contributed by atoms with Crippen molar-refractivity contribution in [2.45, 2.75) is 25.4 Å². The molecule has 0 aromatic carbocycles. The summed E-state index contributed by atoms with van der Waals surface area (Å²) in [4.78, 5) is 0.